The van der Waals surface area contributed by atoms with Crippen molar-refractivity contribution in [1.82, 2.24) is 0 Å². The molecule has 7 heteroatoms. The summed E-state index contributed by atoms with van der Waals surface area (Å²) in [4.78, 5) is 31.3. The lowest BCUT2D eigenvalue weighted by Crippen LogP contribution is -2.38. The van der Waals surface area contributed by atoms with E-state index in [2.05, 4.69) is 0 Å². The quantitative estimate of drug-likeness (QED) is 0.611. The number of esters is 1. The van der Waals surface area contributed by atoms with Crippen LogP contribution in [-0.4, -0.2) is 36.3 Å². The summed E-state index contributed by atoms with van der Waals surface area (Å²) >= 11 is 6.28. The lowest BCUT2D eigenvalue weighted by molar-refractivity contribution is -0.146. The van der Waals surface area contributed by atoms with Crippen LogP contribution in [0.5, 0.6) is 11.5 Å². The molecule has 3 atom stereocenters. The van der Waals surface area contributed by atoms with Crippen molar-refractivity contribution in [1.29, 1.82) is 0 Å². The summed E-state index contributed by atoms with van der Waals surface area (Å²) in [6, 6.07) is 13.1. The van der Waals surface area contributed by atoms with Gasteiger partial charge in [0, 0.05) is 29.3 Å². The van der Waals surface area contributed by atoms with Crippen LogP contribution in [-0.2, 0) is 14.3 Å². The molecule has 0 spiro atoms. The number of nitrogens with zero attached hydrogens (tertiary/aromatic N) is 1. The van der Waals surface area contributed by atoms with Crippen LogP contribution in [0.25, 0.3) is 0 Å². The fourth-order valence-corrected chi connectivity index (χ4v) is 5.07. The molecule has 0 aromatic heterocycles. The number of rotatable bonds is 5. The predicted molar refractivity (Wildman–Crippen MR) is 126 cm³/mol. The zero-order chi connectivity index (χ0) is 23.7. The number of benzene rings is 2. The number of phenolic OH excluding ortho intramolecular Hbond substituents is 1. The van der Waals surface area contributed by atoms with Crippen molar-refractivity contribution >= 4 is 29.1 Å². The van der Waals surface area contributed by atoms with E-state index in [4.69, 9.17) is 26.1 Å². The molecule has 0 bridgehead atoms. The molecule has 2 aromatic rings. The summed E-state index contributed by atoms with van der Waals surface area (Å²) in [5, 5.41) is 10.3. The van der Waals surface area contributed by atoms with E-state index in [0.717, 1.165) is 5.56 Å². The summed E-state index contributed by atoms with van der Waals surface area (Å²) in [6.45, 7) is 3.74. The summed E-state index contributed by atoms with van der Waals surface area (Å²) in [5.74, 6) is -1.90. The molecule has 1 heterocycles. The van der Waals surface area contributed by atoms with E-state index >= 15 is 0 Å². The number of methoxy groups -OCH3 is 1. The van der Waals surface area contributed by atoms with E-state index in [9.17, 15) is 14.7 Å². The highest BCUT2D eigenvalue weighted by Gasteiger charge is 2.45. The number of aliphatic imine (C=N–C) groups is 1. The lowest BCUT2D eigenvalue weighted by Gasteiger charge is -2.36. The smallest absolute Gasteiger partial charge is 0.315 e. The van der Waals surface area contributed by atoms with E-state index in [0.29, 0.717) is 35.4 Å². The topological polar surface area (TPSA) is 85.2 Å². The van der Waals surface area contributed by atoms with Gasteiger partial charge in [0.25, 0.3) is 0 Å². The van der Waals surface area contributed by atoms with Crippen molar-refractivity contribution in [3.05, 3.63) is 69.9 Å². The molecule has 2 aliphatic rings. The molecular formula is C26H26ClNO5. The first-order valence-corrected chi connectivity index (χ1v) is 11.3. The number of ether oxygens (including phenoxy) is 2. The minimum Gasteiger partial charge on any atom is -0.503 e. The van der Waals surface area contributed by atoms with E-state index in [1.807, 2.05) is 30.3 Å². The first kappa shape index (κ1) is 23.1. The van der Waals surface area contributed by atoms with Gasteiger partial charge in [-0.25, -0.2) is 0 Å². The molecular weight excluding hydrogens is 442 g/mol. The largest absolute Gasteiger partial charge is 0.503 e. The molecule has 4 rings (SSSR count). The Morgan fingerprint density at radius 2 is 1.91 bits per heavy atom. The van der Waals surface area contributed by atoms with Gasteiger partial charge >= 0.3 is 5.97 Å². The van der Waals surface area contributed by atoms with Crippen LogP contribution in [0.15, 0.2) is 58.7 Å². The number of phenols is 1. The molecule has 1 N–H and O–H groups in total. The second-order valence-electron chi connectivity index (χ2n) is 8.31. The monoisotopic (exact) mass is 467 g/mol. The van der Waals surface area contributed by atoms with Crippen molar-refractivity contribution in [2.45, 2.75) is 38.5 Å². The van der Waals surface area contributed by atoms with Gasteiger partial charge in [0.05, 0.1) is 18.7 Å². The Labute approximate surface area is 197 Å². The average Bonchev–Trinajstić information content (AvgIpc) is 2.80. The number of aromatic hydroxyl groups is 1. The van der Waals surface area contributed by atoms with Crippen LogP contribution in [0, 0.1) is 5.92 Å². The van der Waals surface area contributed by atoms with Crippen molar-refractivity contribution in [2.24, 2.45) is 10.9 Å². The van der Waals surface area contributed by atoms with E-state index < -0.39 is 17.8 Å². The number of hydrogen-bond donors (Lipinski definition) is 1. The molecule has 0 amide bonds. The Balaban J connectivity index is 1.86. The fraction of sp³-hybridized carbons (Fsp3) is 0.346. The van der Waals surface area contributed by atoms with Crippen LogP contribution in [0.2, 0.25) is 5.02 Å². The number of allylic oxidation sites excluding steroid dienone is 2. The summed E-state index contributed by atoms with van der Waals surface area (Å²) in [5.41, 5.74) is 3.47. The molecule has 33 heavy (non-hydrogen) atoms. The molecule has 172 valence electrons. The van der Waals surface area contributed by atoms with E-state index in [-0.39, 0.29) is 34.8 Å². The average molecular weight is 468 g/mol. The van der Waals surface area contributed by atoms with Gasteiger partial charge in [-0.2, -0.15) is 0 Å². The molecule has 1 unspecified atom stereocenters. The van der Waals surface area contributed by atoms with Gasteiger partial charge in [-0.05, 0) is 49.4 Å². The minimum absolute atomic E-state index is 0.0201. The van der Waals surface area contributed by atoms with Gasteiger partial charge in [0.2, 0.25) is 0 Å². The maximum absolute atomic E-state index is 13.5. The van der Waals surface area contributed by atoms with Gasteiger partial charge < -0.3 is 14.6 Å². The first-order chi connectivity index (χ1) is 15.8. The third-order valence-electron chi connectivity index (χ3n) is 6.33. The number of carbonyl (C=O) groups is 2. The van der Waals surface area contributed by atoms with Gasteiger partial charge in [-0.1, -0.05) is 41.9 Å². The second-order valence-corrected chi connectivity index (χ2v) is 8.72. The highest BCUT2D eigenvalue weighted by atomic mass is 35.5. The predicted octanol–water partition coefficient (Wildman–Crippen LogP) is 5.19. The van der Waals surface area contributed by atoms with Gasteiger partial charge in [-0.3, -0.25) is 14.6 Å². The molecule has 0 radical (unpaired) electrons. The Morgan fingerprint density at radius 1 is 1.18 bits per heavy atom. The lowest BCUT2D eigenvalue weighted by atomic mass is 9.69. The number of Topliss-reactive ketones (excluding diaryl/α,β-unsaturated/α-hetero) is 1. The van der Waals surface area contributed by atoms with Crippen LogP contribution < -0.4 is 4.74 Å². The second kappa shape index (κ2) is 9.40. The van der Waals surface area contributed by atoms with E-state index in [1.165, 1.54) is 7.11 Å². The normalized spacial score (nSPS) is 22.5. The Bertz CT molecular complexity index is 1150. The highest BCUT2D eigenvalue weighted by Crippen LogP contribution is 2.49. The Morgan fingerprint density at radius 3 is 2.58 bits per heavy atom. The summed E-state index contributed by atoms with van der Waals surface area (Å²) in [6.07, 6.45) is 0.920. The Kier molecular flexibility index (Phi) is 6.56. The molecule has 2 aromatic carbocycles. The third kappa shape index (κ3) is 4.27. The Hall–Kier alpha value is -3.12. The number of hydrogen-bond acceptors (Lipinski definition) is 6. The molecule has 0 saturated heterocycles. The third-order valence-corrected chi connectivity index (χ3v) is 6.62. The molecule has 6 nitrogen and oxygen atoms in total. The fourth-order valence-electron chi connectivity index (χ4n) is 4.85. The zero-order valence-electron chi connectivity index (χ0n) is 18.8. The van der Waals surface area contributed by atoms with Gasteiger partial charge in [0.1, 0.15) is 5.92 Å². The van der Waals surface area contributed by atoms with Crippen LogP contribution in [0.4, 0.5) is 0 Å². The SMILES string of the molecule is CCOC(=O)C1C(C)=NC2=C(C(=O)C[C@@H](c3ccccc3)C2)[C@@H]1c1cc(Cl)c(O)c(OC)c1. The van der Waals surface area contributed by atoms with Crippen molar-refractivity contribution in [3.63, 3.8) is 0 Å². The highest BCUT2D eigenvalue weighted by molar-refractivity contribution is 6.32. The zero-order valence-corrected chi connectivity index (χ0v) is 19.6. The number of carbonyl (C=O) groups excluding carboxylic acids is 2. The number of halogens is 1. The van der Waals surface area contributed by atoms with Gasteiger partial charge in [0.15, 0.2) is 17.3 Å². The van der Waals surface area contributed by atoms with Crippen LogP contribution in [0.3, 0.4) is 0 Å². The molecule has 0 fully saturated rings. The summed E-state index contributed by atoms with van der Waals surface area (Å²) < 4.78 is 10.6. The first-order valence-electron chi connectivity index (χ1n) is 10.9. The van der Waals surface area contributed by atoms with Crippen LogP contribution >= 0.6 is 11.6 Å². The minimum atomic E-state index is -0.772. The number of ketones is 1. The van der Waals surface area contributed by atoms with Crippen molar-refractivity contribution < 1.29 is 24.2 Å². The standard InChI is InChI=1S/C26H26ClNO5/c1-4-33-26(31)22-14(2)28-19-11-16(15-8-6-5-7-9-15)12-20(29)24(19)23(22)17-10-18(27)25(30)21(13-17)32-3/h5-10,13,16,22-23,30H,4,11-12H2,1-3H3/t16-,22?,23+/m0/s1. The van der Waals surface area contributed by atoms with Crippen LogP contribution in [0.1, 0.15) is 49.7 Å². The van der Waals surface area contributed by atoms with Gasteiger partial charge in [-0.15, -0.1) is 0 Å². The van der Waals surface area contributed by atoms with Crippen molar-refractivity contribution in [2.75, 3.05) is 13.7 Å². The molecule has 1 aliphatic heterocycles. The summed E-state index contributed by atoms with van der Waals surface area (Å²) in [7, 11) is 1.42. The van der Waals surface area contributed by atoms with E-state index in [1.54, 1.807) is 26.0 Å². The maximum Gasteiger partial charge on any atom is 0.315 e. The molecule has 0 saturated carbocycles. The van der Waals surface area contributed by atoms with Crippen molar-refractivity contribution in [3.8, 4) is 11.5 Å². The maximum atomic E-state index is 13.5. The molecule has 1 aliphatic carbocycles.